The van der Waals surface area contributed by atoms with E-state index in [1.807, 2.05) is 6.07 Å². The first kappa shape index (κ1) is 17.2. The zero-order valence-corrected chi connectivity index (χ0v) is 14.7. The van der Waals surface area contributed by atoms with Crippen LogP contribution in [-0.2, 0) is 16.6 Å². The molecule has 0 amide bonds. The molecule has 0 fully saturated rings. The molecule has 0 aliphatic rings. The molecule has 7 heteroatoms. The van der Waals surface area contributed by atoms with Gasteiger partial charge in [-0.15, -0.1) is 0 Å². The highest BCUT2D eigenvalue weighted by molar-refractivity contribution is 7.89. The molecule has 1 heterocycles. The number of sulfonamides is 1. The molecule has 0 bridgehead atoms. The molecule has 0 spiro atoms. The van der Waals surface area contributed by atoms with Gasteiger partial charge in [-0.25, -0.2) is 13.1 Å². The van der Waals surface area contributed by atoms with Gasteiger partial charge in [0.2, 0.25) is 10.0 Å². The van der Waals surface area contributed by atoms with Crippen LogP contribution < -0.4 is 14.2 Å². The van der Waals surface area contributed by atoms with E-state index in [0.29, 0.717) is 22.4 Å². The van der Waals surface area contributed by atoms with Crippen LogP contribution in [-0.4, -0.2) is 27.6 Å². The second kappa shape index (κ2) is 7.08. The zero-order chi connectivity index (χ0) is 17.9. The number of nitrogens with one attached hydrogen (secondary N) is 1. The molecule has 0 aliphatic heterocycles. The molecule has 1 N–H and O–H groups in total. The number of fused-ring (bicyclic) bond motifs is 1. The quantitative estimate of drug-likeness (QED) is 0.733. The second-order valence-corrected chi connectivity index (χ2v) is 7.05. The van der Waals surface area contributed by atoms with Crippen molar-refractivity contribution in [3.63, 3.8) is 0 Å². The van der Waals surface area contributed by atoms with Crippen molar-refractivity contribution in [2.45, 2.75) is 11.4 Å². The minimum atomic E-state index is -3.72. The van der Waals surface area contributed by atoms with E-state index in [1.54, 1.807) is 48.8 Å². The van der Waals surface area contributed by atoms with Gasteiger partial charge in [-0.05, 0) is 24.3 Å². The molecule has 3 rings (SSSR count). The van der Waals surface area contributed by atoms with Crippen LogP contribution in [0.1, 0.15) is 5.56 Å². The Balaban J connectivity index is 1.95. The van der Waals surface area contributed by atoms with Gasteiger partial charge in [0.05, 0.1) is 24.7 Å². The third kappa shape index (κ3) is 3.42. The van der Waals surface area contributed by atoms with Crippen LogP contribution in [0.3, 0.4) is 0 Å². The van der Waals surface area contributed by atoms with Crippen molar-refractivity contribution in [3.05, 3.63) is 60.4 Å². The Bertz CT molecular complexity index is 975. The van der Waals surface area contributed by atoms with Crippen LogP contribution in [0.15, 0.2) is 59.8 Å². The zero-order valence-electron chi connectivity index (χ0n) is 13.9. The Morgan fingerprint density at radius 2 is 1.68 bits per heavy atom. The largest absolute Gasteiger partial charge is 0.496 e. The number of nitrogens with zero attached hydrogens (tertiary/aromatic N) is 1. The summed E-state index contributed by atoms with van der Waals surface area (Å²) in [6.07, 6.45) is 3.21. The molecule has 3 aromatic rings. The summed E-state index contributed by atoms with van der Waals surface area (Å²) >= 11 is 0. The Kier molecular flexibility index (Phi) is 4.87. The SMILES string of the molecule is COc1cccc(OC)c1CNS(=O)(=O)c1cccc2cnccc12. The van der Waals surface area contributed by atoms with Crippen LogP contribution in [0.4, 0.5) is 0 Å². The lowest BCUT2D eigenvalue weighted by molar-refractivity contribution is 0.384. The third-order valence-electron chi connectivity index (χ3n) is 3.90. The standard InChI is InChI=1S/C18H18N2O4S/c1-23-16-6-4-7-17(24-2)15(16)12-20-25(21,22)18-8-3-5-13-11-19-10-9-14(13)18/h3-11,20H,12H2,1-2H3. The molecule has 0 unspecified atom stereocenters. The van der Waals surface area contributed by atoms with Gasteiger partial charge in [-0.2, -0.15) is 0 Å². The molecule has 0 radical (unpaired) electrons. The molecule has 0 saturated carbocycles. The van der Waals surface area contributed by atoms with Gasteiger partial charge in [0.25, 0.3) is 0 Å². The van der Waals surface area contributed by atoms with Gasteiger partial charge < -0.3 is 9.47 Å². The minimum Gasteiger partial charge on any atom is -0.496 e. The maximum Gasteiger partial charge on any atom is 0.241 e. The number of aromatic nitrogens is 1. The Morgan fingerprint density at radius 3 is 2.36 bits per heavy atom. The van der Waals surface area contributed by atoms with E-state index >= 15 is 0 Å². The first-order valence-electron chi connectivity index (χ1n) is 7.59. The number of hydrogen-bond donors (Lipinski definition) is 1. The fourth-order valence-corrected chi connectivity index (χ4v) is 3.90. The molecule has 25 heavy (non-hydrogen) atoms. The van der Waals surface area contributed by atoms with Crippen molar-refractivity contribution in [2.24, 2.45) is 0 Å². The second-order valence-electron chi connectivity index (χ2n) is 5.32. The van der Waals surface area contributed by atoms with Gasteiger partial charge in [-0.3, -0.25) is 4.98 Å². The Labute approximate surface area is 146 Å². The van der Waals surface area contributed by atoms with Crippen molar-refractivity contribution in [2.75, 3.05) is 14.2 Å². The highest BCUT2D eigenvalue weighted by atomic mass is 32.2. The number of ether oxygens (including phenoxy) is 2. The minimum absolute atomic E-state index is 0.0526. The molecule has 2 aromatic carbocycles. The fraction of sp³-hybridized carbons (Fsp3) is 0.167. The van der Waals surface area contributed by atoms with Crippen LogP contribution >= 0.6 is 0 Å². The highest BCUT2D eigenvalue weighted by Crippen LogP contribution is 2.29. The van der Waals surface area contributed by atoms with E-state index in [1.165, 1.54) is 14.2 Å². The average Bonchev–Trinajstić information content (AvgIpc) is 2.65. The summed E-state index contributed by atoms with van der Waals surface area (Å²) in [5.41, 5.74) is 0.637. The molecule has 0 aliphatic carbocycles. The van der Waals surface area contributed by atoms with Gasteiger partial charge >= 0.3 is 0 Å². The van der Waals surface area contributed by atoms with Crippen LogP contribution in [0, 0.1) is 0 Å². The summed E-state index contributed by atoms with van der Waals surface area (Å²) < 4.78 is 38.8. The van der Waals surface area contributed by atoms with Gasteiger partial charge in [0, 0.05) is 29.7 Å². The smallest absolute Gasteiger partial charge is 0.241 e. The lowest BCUT2D eigenvalue weighted by Crippen LogP contribution is -2.24. The molecule has 0 atom stereocenters. The van der Waals surface area contributed by atoms with E-state index in [0.717, 1.165) is 5.39 Å². The van der Waals surface area contributed by atoms with Gasteiger partial charge in [-0.1, -0.05) is 18.2 Å². The summed E-state index contributed by atoms with van der Waals surface area (Å²) in [6, 6.07) is 12.1. The summed E-state index contributed by atoms with van der Waals surface area (Å²) in [7, 11) is -0.659. The van der Waals surface area contributed by atoms with Crippen LogP contribution in [0.5, 0.6) is 11.5 Å². The van der Waals surface area contributed by atoms with E-state index in [9.17, 15) is 8.42 Å². The van der Waals surface area contributed by atoms with E-state index < -0.39 is 10.0 Å². The Morgan fingerprint density at radius 1 is 1.00 bits per heavy atom. The van der Waals surface area contributed by atoms with Crippen molar-refractivity contribution in [1.29, 1.82) is 0 Å². The van der Waals surface area contributed by atoms with E-state index in [4.69, 9.17) is 9.47 Å². The van der Waals surface area contributed by atoms with E-state index in [-0.39, 0.29) is 11.4 Å². The third-order valence-corrected chi connectivity index (χ3v) is 5.36. The molecule has 130 valence electrons. The summed E-state index contributed by atoms with van der Waals surface area (Å²) in [5, 5.41) is 1.39. The van der Waals surface area contributed by atoms with Crippen LogP contribution in [0.25, 0.3) is 10.8 Å². The number of benzene rings is 2. The number of pyridine rings is 1. The lowest BCUT2D eigenvalue weighted by atomic mass is 10.2. The molecular weight excluding hydrogens is 340 g/mol. The number of hydrogen-bond acceptors (Lipinski definition) is 5. The Hall–Kier alpha value is -2.64. The normalized spacial score (nSPS) is 11.4. The van der Waals surface area contributed by atoms with Gasteiger partial charge in [0.15, 0.2) is 0 Å². The lowest BCUT2D eigenvalue weighted by Gasteiger charge is -2.14. The average molecular weight is 358 g/mol. The predicted octanol–water partition coefficient (Wildman–Crippen LogP) is 2.73. The van der Waals surface area contributed by atoms with Crippen molar-refractivity contribution < 1.29 is 17.9 Å². The molecule has 1 aromatic heterocycles. The predicted molar refractivity (Wildman–Crippen MR) is 95.3 cm³/mol. The van der Waals surface area contributed by atoms with Gasteiger partial charge in [0.1, 0.15) is 11.5 Å². The summed E-state index contributed by atoms with van der Waals surface area (Å²) in [6.45, 7) is 0.0526. The topological polar surface area (TPSA) is 77.5 Å². The summed E-state index contributed by atoms with van der Waals surface area (Å²) in [4.78, 5) is 4.24. The van der Waals surface area contributed by atoms with Crippen molar-refractivity contribution in [1.82, 2.24) is 9.71 Å². The maximum atomic E-state index is 12.8. The first-order chi connectivity index (χ1) is 12.1. The number of rotatable bonds is 6. The monoisotopic (exact) mass is 358 g/mol. The first-order valence-corrected chi connectivity index (χ1v) is 9.07. The molecule has 0 saturated heterocycles. The van der Waals surface area contributed by atoms with Crippen molar-refractivity contribution in [3.8, 4) is 11.5 Å². The van der Waals surface area contributed by atoms with E-state index in [2.05, 4.69) is 9.71 Å². The molecule has 6 nitrogen and oxygen atoms in total. The van der Waals surface area contributed by atoms with Crippen molar-refractivity contribution >= 4 is 20.8 Å². The number of methoxy groups -OCH3 is 2. The highest BCUT2D eigenvalue weighted by Gasteiger charge is 2.19. The fourth-order valence-electron chi connectivity index (χ4n) is 2.67. The summed E-state index contributed by atoms with van der Waals surface area (Å²) in [5.74, 6) is 1.12. The maximum absolute atomic E-state index is 12.8. The molecular formula is C18H18N2O4S. The van der Waals surface area contributed by atoms with Crippen LogP contribution in [0.2, 0.25) is 0 Å².